The summed E-state index contributed by atoms with van der Waals surface area (Å²) in [6.45, 7) is 0.650. The van der Waals surface area contributed by atoms with Crippen LogP contribution in [0.3, 0.4) is 0 Å². The van der Waals surface area contributed by atoms with Crippen LogP contribution >= 0.6 is 0 Å². The lowest BCUT2D eigenvalue weighted by atomic mass is 10.1. The first-order valence-electron chi connectivity index (χ1n) is 6.49. The summed E-state index contributed by atoms with van der Waals surface area (Å²) >= 11 is 0. The number of piperazine rings is 1. The number of hydrogen-bond acceptors (Lipinski definition) is 4. The van der Waals surface area contributed by atoms with Crippen molar-refractivity contribution in [2.45, 2.75) is 6.18 Å². The molecule has 0 unspecified atom stereocenters. The first kappa shape index (κ1) is 15.4. The lowest BCUT2D eigenvalue weighted by molar-refractivity contribution is -0.146. The van der Waals surface area contributed by atoms with Crippen molar-refractivity contribution in [3.8, 4) is 0 Å². The molecule has 8 heteroatoms. The van der Waals surface area contributed by atoms with Gasteiger partial charge in [0.1, 0.15) is 0 Å². The van der Waals surface area contributed by atoms with E-state index >= 15 is 0 Å². The summed E-state index contributed by atoms with van der Waals surface area (Å²) < 4.78 is 37.0. The molecule has 1 aliphatic rings. The van der Waals surface area contributed by atoms with Crippen molar-refractivity contribution >= 4 is 17.3 Å². The van der Waals surface area contributed by atoms with Gasteiger partial charge in [-0.2, -0.15) is 13.2 Å². The molecule has 1 amide bonds. The number of nitrogens with zero attached hydrogens (tertiary/aromatic N) is 2. The van der Waals surface area contributed by atoms with Gasteiger partial charge in [0, 0.05) is 37.6 Å². The third kappa shape index (κ3) is 4.01. The molecule has 0 aromatic heterocycles. The quantitative estimate of drug-likeness (QED) is 0.819. The molecule has 1 saturated heterocycles. The van der Waals surface area contributed by atoms with Crippen molar-refractivity contribution in [3.05, 3.63) is 23.8 Å². The Kier molecular flexibility index (Phi) is 4.26. The van der Waals surface area contributed by atoms with Gasteiger partial charge in [0.05, 0.1) is 12.1 Å². The second-order valence-electron chi connectivity index (χ2n) is 5.01. The topological polar surface area (TPSA) is 75.6 Å². The first-order valence-corrected chi connectivity index (χ1v) is 6.49. The Balaban J connectivity index is 2.02. The molecule has 1 heterocycles. The molecule has 5 nitrogen and oxygen atoms in total. The number of benzene rings is 1. The molecule has 0 spiro atoms. The summed E-state index contributed by atoms with van der Waals surface area (Å²) in [6.07, 6.45) is -4.18. The zero-order valence-electron chi connectivity index (χ0n) is 11.4. The molecule has 1 aliphatic heterocycles. The fourth-order valence-electron chi connectivity index (χ4n) is 2.37. The van der Waals surface area contributed by atoms with Crippen molar-refractivity contribution in [1.29, 1.82) is 0 Å². The number of nitrogens with two attached hydrogens (primary N) is 2. The zero-order valence-corrected chi connectivity index (χ0v) is 11.4. The zero-order chi connectivity index (χ0) is 15.6. The molecular weight excluding hydrogens is 285 g/mol. The number of carbonyl (C=O) groups is 1. The van der Waals surface area contributed by atoms with Crippen LogP contribution in [0.4, 0.5) is 24.5 Å². The molecule has 116 valence electrons. The van der Waals surface area contributed by atoms with Crippen LogP contribution in [0.2, 0.25) is 0 Å². The van der Waals surface area contributed by atoms with E-state index in [-0.39, 0.29) is 5.56 Å². The van der Waals surface area contributed by atoms with E-state index in [9.17, 15) is 18.0 Å². The Bertz CT molecular complexity index is 525. The fraction of sp³-hybridized carbons (Fsp3) is 0.462. The predicted molar refractivity (Wildman–Crippen MR) is 74.1 cm³/mol. The summed E-state index contributed by atoms with van der Waals surface area (Å²) in [6, 6.07) is 4.90. The lowest BCUT2D eigenvalue weighted by Crippen LogP contribution is -2.49. The number of rotatable bonds is 3. The molecule has 0 aliphatic carbocycles. The van der Waals surface area contributed by atoms with Crippen LogP contribution in [0, 0.1) is 0 Å². The number of amides is 1. The molecule has 2 rings (SSSR count). The first-order chi connectivity index (χ1) is 9.76. The van der Waals surface area contributed by atoms with Crippen LogP contribution in [-0.4, -0.2) is 49.7 Å². The van der Waals surface area contributed by atoms with E-state index in [1.54, 1.807) is 18.2 Å². The Morgan fingerprint density at radius 2 is 1.81 bits per heavy atom. The van der Waals surface area contributed by atoms with Gasteiger partial charge in [0.25, 0.3) is 5.91 Å². The SMILES string of the molecule is NC(=O)c1cc(N2CCN(CC(F)(F)F)CC2)ccc1N. The molecule has 21 heavy (non-hydrogen) atoms. The van der Waals surface area contributed by atoms with E-state index in [1.165, 1.54) is 4.90 Å². The number of halogens is 3. The molecule has 0 radical (unpaired) electrons. The Morgan fingerprint density at radius 1 is 1.19 bits per heavy atom. The van der Waals surface area contributed by atoms with Crippen molar-refractivity contribution in [1.82, 2.24) is 4.90 Å². The number of alkyl halides is 3. The number of carbonyl (C=O) groups excluding carboxylic acids is 1. The van der Waals surface area contributed by atoms with E-state index in [0.29, 0.717) is 31.9 Å². The van der Waals surface area contributed by atoms with Gasteiger partial charge in [-0.1, -0.05) is 0 Å². The monoisotopic (exact) mass is 302 g/mol. The number of nitrogen functional groups attached to an aromatic ring is 1. The minimum Gasteiger partial charge on any atom is -0.398 e. The Morgan fingerprint density at radius 3 is 2.33 bits per heavy atom. The van der Waals surface area contributed by atoms with Crippen LogP contribution < -0.4 is 16.4 Å². The van der Waals surface area contributed by atoms with Gasteiger partial charge in [0.15, 0.2) is 0 Å². The molecule has 1 fully saturated rings. The predicted octanol–water partition coefficient (Wildman–Crippen LogP) is 1.05. The highest BCUT2D eigenvalue weighted by atomic mass is 19.4. The number of anilines is 2. The molecular formula is C13H17F3N4O. The fourth-order valence-corrected chi connectivity index (χ4v) is 2.37. The van der Waals surface area contributed by atoms with Gasteiger partial charge in [-0.25, -0.2) is 0 Å². The van der Waals surface area contributed by atoms with E-state index < -0.39 is 18.6 Å². The Labute approximate surface area is 120 Å². The van der Waals surface area contributed by atoms with E-state index in [2.05, 4.69) is 0 Å². The molecule has 0 saturated carbocycles. The summed E-state index contributed by atoms with van der Waals surface area (Å²) in [7, 11) is 0. The van der Waals surface area contributed by atoms with Gasteiger partial charge < -0.3 is 16.4 Å². The highest BCUT2D eigenvalue weighted by Gasteiger charge is 2.32. The standard InChI is InChI=1S/C13H17F3N4O/c14-13(15,16)8-19-3-5-20(6-4-19)9-1-2-11(17)10(7-9)12(18)21/h1-2,7H,3-6,8,17H2,(H2,18,21). The van der Waals surface area contributed by atoms with Crippen LogP contribution in [0.15, 0.2) is 18.2 Å². The van der Waals surface area contributed by atoms with Crippen LogP contribution in [-0.2, 0) is 0 Å². The van der Waals surface area contributed by atoms with Crippen LogP contribution in [0.5, 0.6) is 0 Å². The van der Waals surface area contributed by atoms with Crippen molar-refractivity contribution in [3.63, 3.8) is 0 Å². The number of hydrogen-bond donors (Lipinski definition) is 2. The lowest BCUT2D eigenvalue weighted by Gasteiger charge is -2.36. The molecule has 1 aromatic carbocycles. The van der Waals surface area contributed by atoms with Crippen molar-refractivity contribution in [2.75, 3.05) is 43.4 Å². The average molecular weight is 302 g/mol. The maximum Gasteiger partial charge on any atom is 0.401 e. The summed E-state index contributed by atoms with van der Waals surface area (Å²) in [5, 5.41) is 0. The van der Waals surface area contributed by atoms with Crippen LogP contribution in [0.25, 0.3) is 0 Å². The smallest absolute Gasteiger partial charge is 0.398 e. The molecule has 0 atom stereocenters. The third-order valence-corrected chi connectivity index (χ3v) is 3.44. The summed E-state index contributed by atoms with van der Waals surface area (Å²) in [4.78, 5) is 14.5. The number of primary amides is 1. The van der Waals surface area contributed by atoms with Gasteiger partial charge in [-0.3, -0.25) is 9.69 Å². The maximum atomic E-state index is 12.3. The summed E-state index contributed by atoms with van der Waals surface area (Å²) in [5.41, 5.74) is 12.2. The van der Waals surface area contributed by atoms with Gasteiger partial charge in [-0.15, -0.1) is 0 Å². The van der Waals surface area contributed by atoms with Gasteiger partial charge >= 0.3 is 6.18 Å². The van der Waals surface area contributed by atoms with Crippen LogP contribution in [0.1, 0.15) is 10.4 Å². The van der Waals surface area contributed by atoms with Gasteiger partial charge in [-0.05, 0) is 18.2 Å². The van der Waals surface area contributed by atoms with Gasteiger partial charge in [0.2, 0.25) is 0 Å². The second-order valence-corrected chi connectivity index (χ2v) is 5.01. The van der Waals surface area contributed by atoms with E-state index in [4.69, 9.17) is 11.5 Å². The molecule has 1 aromatic rings. The molecule has 4 N–H and O–H groups in total. The Hall–Kier alpha value is -1.96. The van der Waals surface area contributed by atoms with E-state index in [1.807, 2.05) is 4.90 Å². The highest BCUT2D eigenvalue weighted by Crippen LogP contribution is 2.23. The van der Waals surface area contributed by atoms with E-state index in [0.717, 1.165) is 5.69 Å². The van der Waals surface area contributed by atoms with Crippen molar-refractivity contribution in [2.24, 2.45) is 5.73 Å². The third-order valence-electron chi connectivity index (χ3n) is 3.44. The normalized spacial score (nSPS) is 17.0. The largest absolute Gasteiger partial charge is 0.401 e. The highest BCUT2D eigenvalue weighted by molar-refractivity contribution is 5.99. The average Bonchev–Trinajstić information content (AvgIpc) is 2.38. The summed E-state index contributed by atoms with van der Waals surface area (Å²) in [5.74, 6) is -0.620. The molecule has 0 bridgehead atoms. The minimum absolute atomic E-state index is 0.227. The maximum absolute atomic E-state index is 12.3. The second kappa shape index (κ2) is 5.80. The van der Waals surface area contributed by atoms with Crippen molar-refractivity contribution < 1.29 is 18.0 Å². The minimum atomic E-state index is -4.18.